The molecule has 4 nitrogen and oxygen atoms in total. The van der Waals surface area contributed by atoms with E-state index in [4.69, 9.17) is 5.11 Å². The molecule has 2 atom stereocenters. The highest BCUT2D eigenvalue weighted by molar-refractivity contribution is 5.86. The third-order valence-corrected chi connectivity index (χ3v) is 3.04. The average Bonchev–Trinajstić information content (AvgIpc) is 2.76. The first kappa shape index (κ1) is 14.5. The van der Waals surface area contributed by atoms with Gasteiger partial charge in [-0.3, -0.25) is 4.79 Å². The van der Waals surface area contributed by atoms with Crippen LogP contribution in [0.15, 0.2) is 11.9 Å². The van der Waals surface area contributed by atoms with Crippen molar-refractivity contribution in [2.45, 2.75) is 20.3 Å². The van der Waals surface area contributed by atoms with Crippen molar-refractivity contribution in [3.05, 3.63) is 11.9 Å². The van der Waals surface area contributed by atoms with Gasteiger partial charge in [0, 0.05) is 0 Å². The van der Waals surface area contributed by atoms with Crippen LogP contribution in [0.25, 0.3) is 0 Å². The number of carboxylic acids is 1. The summed E-state index contributed by atoms with van der Waals surface area (Å²) in [4.78, 5) is 21.7. The molecule has 0 aliphatic heterocycles. The van der Waals surface area contributed by atoms with Crippen LogP contribution in [0.5, 0.6) is 0 Å². The molecule has 1 aliphatic rings. The maximum Gasteiger partial charge on any atom is 0.367 e. The number of rotatable bonds is 5. The number of carbonyl (C=O) groups excluding carboxylic acids is 1. The van der Waals surface area contributed by atoms with Gasteiger partial charge >= 0.3 is 11.9 Å². The van der Waals surface area contributed by atoms with Crippen LogP contribution in [0.3, 0.4) is 0 Å². The number of esters is 1. The van der Waals surface area contributed by atoms with E-state index < -0.39 is 48.0 Å². The lowest BCUT2D eigenvalue weighted by Gasteiger charge is -2.02. The summed E-state index contributed by atoms with van der Waals surface area (Å²) in [5.74, 6) is -5.35. The highest BCUT2D eigenvalue weighted by Gasteiger charge is 2.61. The number of carboxylic acid groups (broad SMARTS) is 1. The van der Waals surface area contributed by atoms with E-state index in [0.29, 0.717) is 0 Å². The summed E-state index contributed by atoms with van der Waals surface area (Å²) in [5, 5.41) is 8.82. The fourth-order valence-corrected chi connectivity index (χ4v) is 1.89. The third kappa shape index (κ3) is 3.02. The van der Waals surface area contributed by atoms with Gasteiger partial charge in [0.2, 0.25) is 5.83 Å². The summed E-state index contributed by atoms with van der Waals surface area (Å²) in [6.45, 7) is 2.05. The van der Waals surface area contributed by atoms with Crippen LogP contribution >= 0.6 is 0 Å². The van der Waals surface area contributed by atoms with E-state index in [9.17, 15) is 22.8 Å². The molecule has 102 valence electrons. The van der Waals surface area contributed by atoms with Crippen LogP contribution in [0, 0.1) is 17.3 Å². The monoisotopic (exact) mass is 266 g/mol. The van der Waals surface area contributed by atoms with E-state index in [2.05, 4.69) is 4.74 Å². The Morgan fingerprint density at radius 2 is 2.00 bits per heavy atom. The molecule has 1 saturated carbocycles. The maximum absolute atomic E-state index is 13.3. The van der Waals surface area contributed by atoms with E-state index in [-0.39, 0.29) is 0 Å². The number of ether oxygens (including phenoxy) is 1. The van der Waals surface area contributed by atoms with Crippen LogP contribution in [-0.4, -0.2) is 30.1 Å². The summed E-state index contributed by atoms with van der Waals surface area (Å²) in [6, 6.07) is 0. The lowest BCUT2D eigenvalue weighted by Crippen LogP contribution is -2.12. The smallest absolute Gasteiger partial charge is 0.367 e. The van der Waals surface area contributed by atoms with Gasteiger partial charge < -0.3 is 9.84 Å². The molecule has 1 aliphatic carbocycles. The van der Waals surface area contributed by atoms with Crippen molar-refractivity contribution >= 4 is 11.9 Å². The third-order valence-electron chi connectivity index (χ3n) is 3.04. The van der Waals surface area contributed by atoms with Gasteiger partial charge in [0.05, 0.1) is 5.92 Å². The second kappa shape index (κ2) is 4.99. The summed E-state index contributed by atoms with van der Waals surface area (Å²) in [6.07, 6.45) is -2.04. The molecule has 18 heavy (non-hydrogen) atoms. The number of halogens is 3. The van der Waals surface area contributed by atoms with E-state index in [1.807, 2.05) is 0 Å². The minimum absolute atomic E-state index is 0.644. The molecular formula is C11H13F3O4. The lowest BCUT2D eigenvalue weighted by atomic mass is 10.1. The van der Waals surface area contributed by atoms with Gasteiger partial charge in [-0.1, -0.05) is 13.8 Å². The Balaban J connectivity index is 2.62. The molecule has 0 aromatic carbocycles. The fraction of sp³-hybridized carbons (Fsp3) is 0.636. The summed E-state index contributed by atoms with van der Waals surface area (Å²) in [7, 11) is 0. The minimum Gasteiger partial charge on any atom is -0.481 e. The molecule has 0 spiro atoms. The van der Waals surface area contributed by atoms with Gasteiger partial charge in [-0.15, -0.1) is 0 Å². The van der Waals surface area contributed by atoms with Crippen molar-refractivity contribution in [3.8, 4) is 0 Å². The number of carbonyl (C=O) groups is 2. The minimum atomic E-state index is -2.87. The first-order valence-electron chi connectivity index (χ1n) is 5.23. The first-order valence-corrected chi connectivity index (χ1v) is 5.23. The quantitative estimate of drug-likeness (QED) is 0.610. The predicted octanol–water partition coefficient (Wildman–Crippen LogP) is 2.00. The van der Waals surface area contributed by atoms with Crippen molar-refractivity contribution in [2.24, 2.45) is 17.3 Å². The van der Waals surface area contributed by atoms with Gasteiger partial charge in [-0.2, -0.15) is 4.39 Å². The second-order valence-corrected chi connectivity index (χ2v) is 4.67. The highest BCUT2D eigenvalue weighted by atomic mass is 19.3. The molecule has 2 unspecified atom stereocenters. The maximum atomic E-state index is 13.3. The van der Waals surface area contributed by atoms with Crippen LogP contribution in [0.2, 0.25) is 0 Å². The molecule has 1 fully saturated rings. The van der Waals surface area contributed by atoms with Gasteiger partial charge in [0.25, 0.3) is 6.43 Å². The number of hydrogen-bond donors (Lipinski definition) is 1. The Bertz CT molecular complexity index is 390. The van der Waals surface area contributed by atoms with Crippen molar-refractivity contribution in [3.63, 3.8) is 0 Å². The van der Waals surface area contributed by atoms with Crippen molar-refractivity contribution in [1.82, 2.24) is 0 Å². The van der Waals surface area contributed by atoms with Crippen molar-refractivity contribution in [1.29, 1.82) is 0 Å². The fourth-order valence-electron chi connectivity index (χ4n) is 1.89. The van der Waals surface area contributed by atoms with E-state index in [1.165, 1.54) is 0 Å². The van der Waals surface area contributed by atoms with E-state index in [0.717, 1.165) is 6.08 Å². The summed E-state index contributed by atoms with van der Waals surface area (Å²) >= 11 is 0. The number of alkyl halides is 2. The molecule has 0 aromatic heterocycles. The highest BCUT2D eigenvalue weighted by Crippen LogP contribution is 2.59. The van der Waals surface area contributed by atoms with Crippen LogP contribution in [0.4, 0.5) is 13.2 Å². The molecule has 1 rings (SSSR count). The summed E-state index contributed by atoms with van der Waals surface area (Å²) < 4.78 is 40.7. The normalized spacial score (nSPS) is 26.0. The zero-order valence-electron chi connectivity index (χ0n) is 9.82. The molecule has 0 amide bonds. The number of hydrogen-bond acceptors (Lipinski definition) is 3. The SMILES string of the molecule is CC1(C)C(C=C(F)C(=O)OCC(F)F)C1C(=O)O. The Morgan fingerprint density at radius 1 is 1.44 bits per heavy atom. The second-order valence-electron chi connectivity index (χ2n) is 4.67. The average molecular weight is 266 g/mol. The van der Waals surface area contributed by atoms with Crippen molar-refractivity contribution < 1.29 is 32.6 Å². The predicted molar refractivity (Wildman–Crippen MR) is 54.6 cm³/mol. The molecule has 0 heterocycles. The van der Waals surface area contributed by atoms with Crippen LogP contribution in [-0.2, 0) is 14.3 Å². The largest absolute Gasteiger partial charge is 0.481 e. The van der Waals surface area contributed by atoms with Gasteiger partial charge in [0.15, 0.2) is 6.61 Å². The van der Waals surface area contributed by atoms with Crippen LogP contribution < -0.4 is 0 Å². The Kier molecular flexibility index (Phi) is 4.03. The van der Waals surface area contributed by atoms with E-state index >= 15 is 0 Å². The Labute approximate surface area is 101 Å². The Hall–Kier alpha value is -1.53. The standard InChI is InChI=1S/C11H13F3O4/c1-11(2)5(8(11)9(15)16)3-6(12)10(17)18-4-7(13)14/h3,5,7-8H,4H2,1-2H3,(H,15,16). The Morgan fingerprint density at radius 3 is 2.39 bits per heavy atom. The first-order chi connectivity index (χ1) is 8.17. The topological polar surface area (TPSA) is 63.6 Å². The van der Waals surface area contributed by atoms with Crippen molar-refractivity contribution in [2.75, 3.05) is 6.61 Å². The zero-order valence-corrected chi connectivity index (χ0v) is 9.82. The van der Waals surface area contributed by atoms with Gasteiger partial charge in [-0.25, -0.2) is 13.6 Å². The molecule has 0 aromatic rings. The van der Waals surface area contributed by atoms with Crippen LogP contribution in [0.1, 0.15) is 13.8 Å². The zero-order chi connectivity index (χ0) is 14.1. The molecule has 0 bridgehead atoms. The summed E-state index contributed by atoms with van der Waals surface area (Å²) in [5.41, 5.74) is -0.661. The number of allylic oxidation sites excluding steroid dienone is 1. The molecule has 1 N–H and O–H groups in total. The van der Waals surface area contributed by atoms with E-state index in [1.54, 1.807) is 13.8 Å². The van der Waals surface area contributed by atoms with Gasteiger partial charge in [-0.05, 0) is 17.4 Å². The molecular weight excluding hydrogens is 253 g/mol. The molecule has 0 saturated heterocycles. The lowest BCUT2D eigenvalue weighted by molar-refractivity contribution is -0.145. The number of aliphatic carboxylic acids is 1. The molecule has 7 heteroatoms. The van der Waals surface area contributed by atoms with Gasteiger partial charge in [0.1, 0.15) is 0 Å². The molecule has 0 radical (unpaired) electrons.